The van der Waals surface area contributed by atoms with E-state index in [0.717, 1.165) is 5.69 Å². The largest absolute Gasteiger partial charge is 0.195 e. The Morgan fingerprint density at radius 1 is 1.33 bits per heavy atom. The average molecular weight is 191 g/mol. The number of thiocarbonyl (C=S) groups is 1. The van der Waals surface area contributed by atoms with Gasteiger partial charge in [0.2, 0.25) is 0 Å². The molecule has 0 fully saturated rings. The highest BCUT2D eigenvalue weighted by molar-refractivity contribution is 7.78. The molecule has 0 aliphatic heterocycles. The minimum Gasteiger partial charge on any atom is -0.195 e. The van der Waals surface area contributed by atoms with Crippen LogP contribution in [-0.2, 0) is 0 Å². The van der Waals surface area contributed by atoms with Crippen LogP contribution in [0.15, 0.2) is 34.6 Å². The molecule has 1 aromatic carbocycles. The van der Waals surface area contributed by atoms with E-state index < -0.39 is 0 Å². The zero-order chi connectivity index (χ0) is 8.39. The Morgan fingerprint density at radius 3 is 3.08 bits per heavy atom. The van der Waals surface area contributed by atoms with Gasteiger partial charge in [-0.1, -0.05) is 0 Å². The highest BCUT2D eigenvalue weighted by atomic mass is 32.1. The maximum absolute atomic E-state index is 4.52. The number of isothiocyanates is 1. The lowest BCUT2D eigenvalue weighted by Gasteiger charge is -1.90. The monoisotopic (exact) mass is 191 g/mol. The predicted octanol–water partition coefficient (Wildman–Crippen LogP) is 3.64. The minimum atomic E-state index is 0.871. The van der Waals surface area contributed by atoms with Gasteiger partial charge in [-0.05, 0) is 47.2 Å². The van der Waals surface area contributed by atoms with Crippen LogP contribution in [0.1, 0.15) is 0 Å². The highest BCUT2D eigenvalue weighted by Gasteiger charge is 1.94. The van der Waals surface area contributed by atoms with Gasteiger partial charge in [-0.2, -0.15) is 4.99 Å². The van der Waals surface area contributed by atoms with Crippen molar-refractivity contribution in [3.8, 4) is 0 Å². The van der Waals surface area contributed by atoms with E-state index >= 15 is 0 Å². The van der Waals surface area contributed by atoms with Crippen molar-refractivity contribution in [2.75, 3.05) is 0 Å². The maximum Gasteiger partial charge on any atom is 0.0746 e. The standard InChI is InChI=1S/C9H5NS2/c11-6-10-8-1-2-9-7(5-8)3-4-12-9/h1-5H. The van der Waals surface area contributed by atoms with Crippen LogP contribution in [0.25, 0.3) is 10.1 Å². The van der Waals surface area contributed by atoms with Gasteiger partial charge >= 0.3 is 0 Å². The van der Waals surface area contributed by atoms with Crippen LogP contribution in [0.4, 0.5) is 5.69 Å². The molecule has 0 amide bonds. The van der Waals surface area contributed by atoms with Gasteiger partial charge in [-0.3, -0.25) is 0 Å². The number of fused-ring (bicyclic) bond motifs is 1. The van der Waals surface area contributed by atoms with Gasteiger partial charge in [0.25, 0.3) is 0 Å². The molecule has 3 heteroatoms. The first-order valence-corrected chi connectivity index (χ1v) is 4.74. The van der Waals surface area contributed by atoms with Crippen LogP contribution in [0.3, 0.4) is 0 Å². The fourth-order valence-electron chi connectivity index (χ4n) is 1.08. The van der Waals surface area contributed by atoms with Crippen LogP contribution >= 0.6 is 23.6 Å². The first-order valence-electron chi connectivity index (χ1n) is 3.45. The van der Waals surface area contributed by atoms with Gasteiger partial charge in [-0.15, -0.1) is 11.3 Å². The lowest BCUT2D eigenvalue weighted by Crippen LogP contribution is -1.63. The average Bonchev–Trinajstić information content (AvgIpc) is 2.51. The van der Waals surface area contributed by atoms with E-state index in [2.05, 4.69) is 33.8 Å². The van der Waals surface area contributed by atoms with E-state index in [4.69, 9.17) is 0 Å². The van der Waals surface area contributed by atoms with Crippen molar-refractivity contribution in [2.24, 2.45) is 4.99 Å². The summed E-state index contributed by atoms with van der Waals surface area (Å²) in [6.45, 7) is 0. The second-order valence-corrected chi connectivity index (χ2v) is 3.48. The third-order valence-electron chi connectivity index (χ3n) is 1.61. The van der Waals surface area contributed by atoms with Gasteiger partial charge in [0.15, 0.2) is 0 Å². The summed E-state index contributed by atoms with van der Waals surface area (Å²) in [5, 5.41) is 5.63. The molecule has 1 nitrogen and oxygen atoms in total. The Kier molecular flexibility index (Phi) is 2.00. The molecular formula is C9H5NS2. The molecule has 0 N–H and O–H groups in total. The number of aliphatic imine (C=N–C) groups is 1. The molecule has 0 atom stereocenters. The number of nitrogens with zero attached hydrogens (tertiary/aromatic N) is 1. The summed E-state index contributed by atoms with van der Waals surface area (Å²) in [6.07, 6.45) is 0. The maximum atomic E-state index is 4.52. The van der Waals surface area contributed by atoms with E-state index in [-0.39, 0.29) is 0 Å². The quantitative estimate of drug-likeness (QED) is 0.495. The van der Waals surface area contributed by atoms with E-state index in [9.17, 15) is 0 Å². The second-order valence-electron chi connectivity index (χ2n) is 2.35. The van der Waals surface area contributed by atoms with Gasteiger partial charge in [0.1, 0.15) is 0 Å². The molecule has 2 aromatic rings. The van der Waals surface area contributed by atoms with Crippen LogP contribution in [0.5, 0.6) is 0 Å². The molecule has 0 aliphatic carbocycles. The normalized spacial score (nSPS) is 9.67. The fraction of sp³-hybridized carbons (Fsp3) is 0. The zero-order valence-electron chi connectivity index (χ0n) is 6.15. The van der Waals surface area contributed by atoms with Crippen molar-refractivity contribution in [3.63, 3.8) is 0 Å². The molecule has 12 heavy (non-hydrogen) atoms. The molecule has 1 heterocycles. The summed E-state index contributed by atoms with van der Waals surface area (Å²) in [6, 6.07) is 8.07. The van der Waals surface area contributed by atoms with Crippen molar-refractivity contribution >= 4 is 44.5 Å². The number of hydrogen-bond acceptors (Lipinski definition) is 3. The molecule has 0 saturated heterocycles. The zero-order valence-corrected chi connectivity index (χ0v) is 7.78. The Bertz CT molecular complexity index is 452. The molecule has 0 spiro atoms. The Balaban J connectivity index is 2.67. The lowest BCUT2D eigenvalue weighted by atomic mass is 10.2. The summed E-state index contributed by atoms with van der Waals surface area (Å²) in [5.41, 5.74) is 0.871. The molecule has 0 saturated carbocycles. The topological polar surface area (TPSA) is 12.4 Å². The summed E-state index contributed by atoms with van der Waals surface area (Å²) in [4.78, 5) is 3.91. The summed E-state index contributed by atoms with van der Waals surface area (Å²) in [7, 11) is 0. The van der Waals surface area contributed by atoms with Gasteiger partial charge in [0.05, 0.1) is 10.8 Å². The molecule has 0 bridgehead atoms. The molecule has 58 valence electrons. The molecule has 0 unspecified atom stereocenters. The van der Waals surface area contributed by atoms with Crippen molar-refractivity contribution in [1.29, 1.82) is 0 Å². The van der Waals surface area contributed by atoms with Crippen LogP contribution in [-0.4, -0.2) is 5.16 Å². The molecule has 1 aromatic heterocycles. The van der Waals surface area contributed by atoms with Gasteiger partial charge in [-0.25, -0.2) is 0 Å². The smallest absolute Gasteiger partial charge is 0.0746 e. The number of hydrogen-bond donors (Lipinski definition) is 0. The first-order chi connectivity index (χ1) is 5.90. The Morgan fingerprint density at radius 2 is 2.25 bits per heavy atom. The van der Waals surface area contributed by atoms with E-state index in [1.165, 1.54) is 10.1 Å². The van der Waals surface area contributed by atoms with E-state index in [1.807, 2.05) is 18.2 Å². The minimum absolute atomic E-state index is 0.871. The van der Waals surface area contributed by atoms with E-state index in [0.29, 0.717) is 0 Å². The highest BCUT2D eigenvalue weighted by Crippen LogP contribution is 2.24. The lowest BCUT2D eigenvalue weighted by molar-refractivity contribution is 1.59. The second kappa shape index (κ2) is 3.15. The fourth-order valence-corrected chi connectivity index (χ4v) is 1.95. The van der Waals surface area contributed by atoms with Crippen molar-refractivity contribution in [2.45, 2.75) is 0 Å². The van der Waals surface area contributed by atoms with Gasteiger partial charge < -0.3 is 0 Å². The molecule has 0 aliphatic rings. The van der Waals surface area contributed by atoms with Crippen molar-refractivity contribution in [3.05, 3.63) is 29.6 Å². The summed E-state index contributed by atoms with van der Waals surface area (Å²) >= 11 is 6.25. The number of thiophene rings is 1. The van der Waals surface area contributed by atoms with Crippen LogP contribution in [0, 0.1) is 0 Å². The third-order valence-corrected chi connectivity index (χ3v) is 2.60. The van der Waals surface area contributed by atoms with E-state index in [1.54, 1.807) is 11.3 Å². The molecule has 2 rings (SSSR count). The first kappa shape index (κ1) is 7.62. The van der Waals surface area contributed by atoms with Crippen LogP contribution < -0.4 is 0 Å². The Hall–Kier alpha value is -1.02. The van der Waals surface area contributed by atoms with Gasteiger partial charge in [0, 0.05) is 4.70 Å². The Labute approximate surface area is 79.4 Å². The van der Waals surface area contributed by atoms with Crippen molar-refractivity contribution in [1.82, 2.24) is 0 Å². The molecular weight excluding hydrogens is 186 g/mol. The number of benzene rings is 1. The van der Waals surface area contributed by atoms with Crippen molar-refractivity contribution < 1.29 is 0 Å². The third kappa shape index (κ3) is 1.30. The SMILES string of the molecule is S=C=Nc1ccc2sccc2c1. The molecule has 0 radical (unpaired) electrons. The predicted molar refractivity (Wildman–Crippen MR) is 56.5 cm³/mol. The summed E-state index contributed by atoms with van der Waals surface area (Å²) in [5.74, 6) is 0. The number of rotatable bonds is 1. The summed E-state index contributed by atoms with van der Waals surface area (Å²) < 4.78 is 1.28. The van der Waals surface area contributed by atoms with Crippen LogP contribution in [0.2, 0.25) is 0 Å².